The monoisotopic (exact) mass is 293 g/mol. The first-order chi connectivity index (χ1) is 9.66. The molecule has 1 aliphatic carbocycles. The molecule has 1 aromatic heterocycles. The third-order valence-electron chi connectivity index (χ3n) is 4.34. The number of carbonyl (C=O) groups excluding carboxylic acids is 1. The van der Waals surface area contributed by atoms with Gasteiger partial charge in [-0.05, 0) is 44.1 Å². The fourth-order valence-electron chi connectivity index (χ4n) is 3.34. The smallest absolute Gasteiger partial charge is 0.305 e. The van der Waals surface area contributed by atoms with E-state index in [1.807, 2.05) is 5.38 Å². The van der Waals surface area contributed by atoms with Crippen LogP contribution in [0.2, 0.25) is 0 Å². The SMILES string of the molecule is O=C(O)CC1CCCN1C(=O)c1csc2c1CCCC2. The Kier molecular flexibility index (Phi) is 3.78. The van der Waals surface area contributed by atoms with Crippen molar-refractivity contribution in [2.75, 3.05) is 6.54 Å². The van der Waals surface area contributed by atoms with Gasteiger partial charge in [-0.3, -0.25) is 9.59 Å². The van der Waals surface area contributed by atoms with Crippen molar-refractivity contribution in [3.05, 3.63) is 21.4 Å². The third-order valence-corrected chi connectivity index (χ3v) is 5.43. The maximum absolute atomic E-state index is 12.7. The molecule has 1 unspecified atom stereocenters. The number of hydrogen-bond donors (Lipinski definition) is 1. The summed E-state index contributed by atoms with van der Waals surface area (Å²) in [5, 5.41) is 10.9. The van der Waals surface area contributed by atoms with Gasteiger partial charge in [0.2, 0.25) is 0 Å². The van der Waals surface area contributed by atoms with Gasteiger partial charge in [0.1, 0.15) is 0 Å². The highest BCUT2D eigenvalue weighted by Gasteiger charge is 2.33. The maximum Gasteiger partial charge on any atom is 0.305 e. The summed E-state index contributed by atoms with van der Waals surface area (Å²) < 4.78 is 0. The van der Waals surface area contributed by atoms with Gasteiger partial charge in [0.25, 0.3) is 5.91 Å². The van der Waals surface area contributed by atoms with Gasteiger partial charge < -0.3 is 10.0 Å². The lowest BCUT2D eigenvalue weighted by Crippen LogP contribution is -2.37. The predicted molar refractivity (Wildman–Crippen MR) is 77.3 cm³/mol. The molecule has 4 nitrogen and oxygen atoms in total. The molecule has 2 heterocycles. The van der Waals surface area contributed by atoms with Gasteiger partial charge in [-0.15, -0.1) is 11.3 Å². The molecule has 0 spiro atoms. The molecule has 20 heavy (non-hydrogen) atoms. The van der Waals surface area contributed by atoms with Crippen molar-refractivity contribution < 1.29 is 14.7 Å². The zero-order valence-electron chi connectivity index (χ0n) is 11.4. The molecule has 1 aromatic rings. The summed E-state index contributed by atoms with van der Waals surface area (Å²) in [6.07, 6.45) is 6.25. The van der Waals surface area contributed by atoms with Crippen molar-refractivity contribution in [3.8, 4) is 0 Å². The fourth-order valence-corrected chi connectivity index (χ4v) is 4.46. The molecule has 0 saturated carbocycles. The van der Waals surface area contributed by atoms with Crippen LogP contribution in [-0.2, 0) is 17.6 Å². The molecule has 2 aliphatic rings. The van der Waals surface area contributed by atoms with Gasteiger partial charge >= 0.3 is 5.97 Å². The highest BCUT2D eigenvalue weighted by Crippen LogP contribution is 2.32. The molecule has 108 valence electrons. The number of fused-ring (bicyclic) bond motifs is 1. The van der Waals surface area contributed by atoms with E-state index >= 15 is 0 Å². The van der Waals surface area contributed by atoms with Crippen LogP contribution < -0.4 is 0 Å². The minimum Gasteiger partial charge on any atom is -0.481 e. The average molecular weight is 293 g/mol. The molecule has 3 rings (SSSR count). The topological polar surface area (TPSA) is 57.6 Å². The number of nitrogens with zero attached hydrogens (tertiary/aromatic N) is 1. The first-order valence-electron chi connectivity index (χ1n) is 7.29. The molecule has 0 radical (unpaired) electrons. The van der Waals surface area contributed by atoms with E-state index in [0.29, 0.717) is 6.54 Å². The second-order valence-electron chi connectivity index (χ2n) is 5.65. The normalized spacial score (nSPS) is 21.8. The van der Waals surface area contributed by atoms with Crippen molar-refractivity contribution in [2.45, 2.75) is 51.0 Å². The van der Waals surface area contributed by atoms with Crippen molar-refractivity contribution in [2.24, 2.45) is 0 Å². The van der Waals surface area contributed by atoms with Crippen LogP contribution in [0.3, 0.4) is 0 Å². The van der Waals surface area contributed by atoms with E-state index in [0.717, 1.165) is 37.7 Å². The number of carboxylic acids is 1. The van der Waals surface area contributed by atoms with Gasteiger partial charge in [0.05, 0.1) is 12.0 Å². The lowest BCUT2D eigenvalue weighted by molar-refractivity contribution is -0.137. The van der Waals surface area contributed by atoms with Crippen LogP contribution in [0.4, 0.5) is 0 Å². The Morgan fingerprint density at radius 2 is 2.10 bits per heavy atom. The van der Waals surface area contributed by atoms with Gasteiger partial charge in [0.15, 0.2) is 0 Å². The van der Waals surface area contributed by atoms with E-state index in [1.165, 1.54) is 16.9 Å². The molecule has 0 bridgehead atoms. The summed E-state index contributed by atoms with van der Waals surface area (Å²) >= 11 is 1.69. The molecule has 1 amide bonds. The predicted octanol–water partition coefficient (Wildman–Crippen LogP) is 2.71. The zero-order valence-corrected chi connectivity index (χ0v) is 12.2. The first-order valence-corrected chi connectivity index (χ1v) is 8.17. The van der Waals surface area contributed by atoms with E-state index in [4.69, 9.17) is 5.11 Å². The van der Waals surface area contributed by atoms with E-state index in [-0.39, 0.29) is 18.4 Å². The van der Waals surface area contributed by atoms with E-state index < -0.39 is 5.97 Å². The van der Waals surface area contributed by atoms with Gasteiger partial charge in [-0.1, -0.05) is 0 Å². The zero-order chi connectivity index (χ0) is 14.1. The van der Waals surface area contributed by atoms with Crippen LogP contribution in [0.5, 0.6) is 0 Å². The molecule has 1 N–H and O–H groups in total. The first kappa shape index (κ1) is 13.6. The van der Waals surface area contributed by atoms with Gasteiger partial charge in [0, 0.05) is 22.8 Å². The Hall–Kier alpha value is -1.36. The number of hydrogen-bond acceptors (Lipinski definition) is 3. The maximum atomic E-state index is 12.7. The van der Waals surface area contributed by atoms with E-state index in [1.54, 1.807) is 16.2 Å². The van der Waals surface area contributed by atoms with Crippen LogP contribution in [0.1, 0.15) is 52.9 Å². The summed E-state index contributed by atoms with van der Waals surface area (Å²) in [6.45, 7) is 0.696. The Labute approximate surface area is 122 Å². The lowest BCUT2D eigenvalue weighted by atomic mass is 9.95. The Balaban J connectivity index is 1.81. The number of amides is 1. The van der Waals surface area contributed by atoms with Crippen LogP contribution >= 0.6 is 11.3 Å². The average Bonchev–Trinajstić information content (AvgIpc) is 3.03. The second-order valence-corrected chi connectivity index (χ2v) is 6.61. The highest BCUT2D eigenvalue weighted by molar-refractivity contribution is 7.10. The van der Waals surface area contributed by atoms with E-state index in [2.05, 4.69) is 0 Å². The summed E-state index contributed by atoms with van der Waals surface area (Å²) in [5.74, 6) is -0.768. The van der Waals surface area contributed by atoms with Crippen molar-refractivity contribution in [1.82, 2.24) is 4.90 Å². The Bertz CT molecular complexity index is 537. The largest absolute Gasteiger partial charge is 0.481 e. The molecule has 5 heteroatoms. The molecule has 1 atom stereocenters. The van der Waals surface area contributed by atoms with E-state index in [9.17, 15) is 9.59 Å². The lowest BCUT2D eigenvalue weighted by Gasteiger charge is -2.24. The van der Waals surface area contributed by atoms with Crippen LogP contribution in [0.15, 0.2) is 5.38 Å². The quantitative estimate of drug-likeness (QED) is 0.932. The molecule has 1 aliphatic heterocycles. The van der Waals surface area contributed by atoms with Crippen molar-refractivity contribution in [1.29, 1.82) is 0 Å². The summed E-state index contributed by atoms with van der Waals surface area (Å²) in [5.41, 5.74) is 2.06. The van der Waals surface area contributed by atoms with Crippen LogP contribution in [0, 0.1) is 0 Å². The number of thiophene rings is 1. The number of carboxylic acid groups (broad SMARTS) is 1. The summed E-state index contributed by atoms with van der Waals surface area (Å²) in [4.78, 5) is 26.8. The molecular weight excluding hydrogens is 274 g/mol. The summed E-state index contributed by atoms with van der Waals surface area (Å²) in [7, 11) is 0. The highest BCUT2D eigenvalue weighted by atomic mass is 32.1. The van der Waals surface area contributed by atoms with Crippen LogP contribution in [0.25, 0.3) is 0 Å². The number of rotatable bonds is 3. The Morgan fingerprint density at radius 3 is 2.90 bits per heavy atom. The van der Waals surface area contributed by atoms with Crippen LogP contribution in [-0.4, -0.2) is 34.5 Å². The third kappa shape index (κ3) is 2.46. The van der Waals surface area contributed by atoms with Gasteiger partial charge in [-0.25, -0.2) is 0 Å². The van der Waals surface area contributed by atoms with Crippen molar-refractivity contribution in [3.63, 3.8) is 0 Å². The van der Waals surface area contributed by atoms with Crippen molar-refractivity contribution >= 4 is 23.2 Å². The molecule has 1 saturated heterocycles. The minimum atomic E-state index is -0.818. The molecule has 1 fully saturated rings. The minimum absolute atomic E-state index is 0.0492. The Morgan fingerprint density at radius 1 is 1.30 bits per heavy atom. The number of carbonyl (C=O) groups is 2. The van der Waals surface area contributed by atoms with Gasteiger partial charge in [-0.2, -0.15) is 0 Å². The second kappa shape index (κ2) is 5.56. The number of aryl methyl sites for hydroxylation is 1. The number of likely N-dealkylation sites (tertiary alicyclic amines) is 1. The molecular formula is C15H19NO3S. The molecule has 0 aromatic carbocycles. The fraction of sp³-hybridized carbons (Fsp3) is 0.600. The summed E-state index contributed by atoms with van der Waals surface area (Å²) in [6, 6.07) is -0.126. The standard InChI is InChI=1S/C15H19NO3S/c17-14(18)8-10-4-3-7-16(10)15(19)12-9-20-13-6-2-1-5-11(12)13/h9-10H,1-8H2,(H,17,18). The number of aliphatic carboxylic acids is 1.